The van der Waals surface area contributed by atoms with E-state index >= 15 is 0 Å². The number of Topliss-reactive ketones (excluding diaryl/α,β-unsaturated/α-hetero) is 1. The average Bonchev–Trinajstić information content (AvgIpc) is 3.28. The van der Waals surface area contributed by atoms with Crippen molar-refractivity contribution in [2.24, 2.45) is 0 Å². The summed E-state index contributed by atoms with van der Waals surface area (Å²) in [6.45, 7) is 1.82. The molecule has 3 aromatic rings. The Morgan fingerprint density at radius 2 is 2.00 bits per heavy atom. The Hall–Kier alpha value is -2.21. The lowest BCUT2D eigenvalue weighted by Crippen LogP contribution is -2.40. The number of hydrogen-bond acceptors (Lipinski definition) is 5. The molecule has 1 atom stereocenters. The molecule has 0 saturated carbocycles. The first-order valence-corrected chi connectivity index (χ1v) is 10.1. The van der Waals surface area contributed by atoms with Crippen LogP contribution in [0.1, 0.15) is 39.7 Å². The van der Waals surface area contributed by atoms with Gasteiger partial charge in [0.25, 0.3) is 0 Å². The minimum absolute atomic E-state index is 0.0427. The molecule has 5 heteroatoms. The van der Waals surface area contributed by atoms with E-state index in [1.54, 1.807) is 7.11 Å². The van der Waals surface area contributed by atoms with Crippen LogP contribution in [0.5, 0.6) is 5.75 Å². The number of benzene rings is 2. The molecule has 2 aromatic carbocycles. The van der Waals surface area contributed by atoms with Gasteiger partial charge in [-0.2, -0.15) is 0 Å². The topological polar surface area (TPSA) is 47.6 Å². The van der Waals surface area contributed by atoms with E-state index in [1.807, 2.05) is 42.5 Å². The van der Waals surface area contributed by atoms with Crippen LogP contribution in [0.4, 0.5) is 0 Å². The van der Waals surface area contributed by atoms with E-state index in [0.717, 1.165) is 52.2 Å². The second-order valence-corrected chi connectivity index (χ2v) is 8.24. The lowest BCUT2D eigenvalue weighted by molar-refractivity contribution is -0.0805. The van der Waals surface area contributed by atoms with Gasteiger partial charge in [0, 0.05) is 0 Å². The van der Waals surface area contributed by atoms with Crippen molar-refractivity contribution in [1.29, 1.82) is 0 Å². The normalized spacial score (nSPS) is 20.7. The number of methoxy groups -OCH3 is 1. The van der Waals surface area contributed by atoms with Crippen molar-refractivity contribution in [3.05, 3.63) is 64.5 Å². The lowest BCUT2D eigenvalue weighted by Gasteiger charge is -2.34. The maximum atomic E-state index is 13.4. The number of hydrogen-bond donors (Lipinski definition) is 1. The molecule has 0 radical (unpaired) electrons. The number of carbonyl (C=O) groups is 1. The number of piperidine rings is 1. The van der Waals surface area contributed by atoms with E-state index in [-0.39, 0.29) is 11.4 Å². The van der Waals surface area contributed by atoms with E-state index in [4.69, 9.17) is 9.47 Å². The van der Waals surface area contributed by atoms with Gasteiger partial charge in [-0.3, -0.25) is 4.79 Å². The van der Waals surface area contributed by atoms with E-state index < -0.39 is 6.10 Å². The molecule has 27 heavy (non-hydrogen) atoms. The lowest BCUT2D eigenvalue weighted by atomic mass is 9.84. The Bertz CT molecular complexity index is 1020. The Morgan fingerprint density at radius 1 is 1.19 bits per heavy atom. The highest BCUT2D eigenvalue weighted by atomic mass is 32.1. The molecule has 0 amide bonds. The Morgan fingerprint density at radius 3 is 2.81 bits per heavy atom. The first-order valence-electron chi connectivity index (χ1n) is 9.30. The number of fused-ring (bicyclic) bond motifs is 3. The summed E-state index contributed by atoms with van der Waals surface area (Å²) in [6, 6.07) is 16.1. The minimum atomic E-state index is -0.529. The SMILES string of the molecule is COc1cccc2cc(C(=O)[C@@H]3OC4(CCNCC4)c4ccccc43)sc12. The third kappa shape index (κ3) is 2.61. The van der Waals surface area contributed by atoms with Gasteiger partial charge in [0.2, 0.25) is 5.78 Å². The zero-order valence-corrected chi connectivity index (χ0v) is 16.0. The second-order valence-electron chi connectivity index (χ2n) is 7.18. The molecule has 1 N–H and O–H groups in total. The summed E-state index contributed by atoms with van der Waals surface area (Å²) in [5.41, 5.74) is 1.87. The third-order valence-electron chi connectivity index (χ3n) is 5.70. The Balaban J connectivity index is 1.56. The van der Waals surface area contributed by atoms with Gasteiger partial charge in [-0.1, -0.05) is 36.4 Å². The van der Waals surface area contributed by atoms with Gasteiger partial charge in [0.1, 0.15) is 11.9 Å². The van der Waals surface area contributed by atoms with Crippen LogP contribution >= 0.6 is 11.3 Å². The second kappa shape index (κ2) is 6.44. The molecule has 138 valence electrons. The largest absolute Gasteiger partial charge is 0.495 e. The average molecular weight is 379 g/mol. The van der Waals surface area contributed by atoms with Crippen molar-refractivity contribution in [2.45, 2.75) is 24.5 Å². The number of rotatable bonds is 3. The van der Waals surface area contributed by atoms with Crippen LogP contribution in [0.25, 0.3) is 10.1 Å². The van der Waals surface area contributed by atoms with Gasteiger partial charge >= 0.3 is 0 Å². The quantitative estimate of drug-likeness (QED) is 0.684. The standard InChI is InChI=1S/C22H21NO3S/c1-25-17-8-4-5-14-13-18(27-21(14)17)19(24)20-15-6-2-3-7-16(15)22(26-20)9-11-23-12-10-22/h2-8,13,20,23H,9-12H2,1H3/t20-/m1/s1. The first kappa shape index (κ1) is 16.9. The van der Waals surface area contributed by atoms with Gasteiger partial charge in [-0.05, 0) is 54.6 Å². The Labute approximate surface area is 162 Å². The number of thiophene rings is 1. The van der Waals surface area contributed by atoms with Gasteiger partial charge in [-0.15, -0.1) is 11.3 Å². The van der Waals surface area contributed by atoms with Crippen LogP contribution in [-0.4, -0.2) is 26.0 Å². The predicted octanol–water partition coefficient (Wildman–Crippen LogP) is 4.44. The zero-order valence-electron chi connectivity index (χ0n) is 15.2. The summed E-state index contributed by atoms with van der Waals surface area (Å²) in [5.74, 6) is 0.847. The highest BCUT2D eigenvalue weighted by molar-refractivity contribution is 7.21. The number of carbonyl (C=O) groups excluding carboxylic acids is 1. The summed E-state index contributed by atoms with van der Waals surface area (Å²) in [4.78, 5) is 14.2. The van der Waals surface area contributed by atoms with Crippen molar-refractivity contribution in [2.75, 3.05) is 20.2 Å². The van der Waals surface area contributed by atoms with Crippen molar-refractivity contribution in [3.63, 3.8) is 0 Å². The van der Waals surface area contributed by atoms with E-state index in [1.165, 1.54) is 16.9 Å². The van der Waals surface area contributed by atoms with Crippen molar-refractivity contribution < 1.29 is 14.3 Å². The minimum Gasteiger partial charge on any atom is -0.495 e. The fourth-order valence-corrected chi connectivity index (χ4v) is 5.46. The van der Waals surface area contributed by atoms with Crippen molar-refractivity contribution in [1.82, 2.24) is 5.32 Å². The first-order chi connectivity index (χ1) is 13.2. The molecule has 5 rings (SSSR count). The van der Waals surface area contributed by atoms with Gasteiger partial charge in [-0.25, -0.2) is 0 Å². The maximum absolute atomic E-state index is 13.4. The summed E-state index contributed by atoms with van der Waals surface area (Å²) in [5, 5.41) is 4.43. The molecule has 1 saturated heterocycles. The van der Waals surface area contributed by atoms with Crippen LogP contribution in [0.3, 0.4) is 0 Å². The van der Waals surface area contributed by atoms with Crippen LogP contribution in [-0.2, 0) is 10.3 Å². The van der Waals surface area contributed by atoms with E-state index in [2.05, 4.69) is 11.4 Å². The molecule has 0 aliphatic carbocycles. The predicted molar refractivity (Wildman–Crippen MR) is 107 cm³/mol. The number of ether oxygens (including phenoxy) is 2. The highest BCUT2D eigenvalue weighted by Gasteiger charge is 2.47. The van der Waals surface area contributed by atoms with Crippen LogP contribution < -0.4 is 10.1 Å². The smallest absolute Gasteiger partial charge is 0.206 e. The number of ketones is 1. The molecule has 0 bridgehead atoms. The summed E-state index contributed by atoms with van der Waals surface area (Å²) >= 11 is 1.49. The number of nitrogens with one attached hydrogen (secondary N) is 1. The molecule has 0 unspecified atom stereocenters. The Kier molecular flexibility index (Phi) is 4.04. The molecule has 1 spiro atoms. The van der Waals surface area contributed by atoms with Crippen LogP contribution in [0.2, 0.25) is 0 Å². The van der Waals surface area contributed by atoms with Crippen molar-refractivity contribution in [3.8, 4) is 5.75 Å². The highest BCUT2D eigenvalue weighted by Crippen LogP contribution is 2.50. The fourth-order valence-electron chi connectivity index (χ4n) is 4.35. The maximum Gasteiger partial charge on any atom is 0.206 e. The molecule has 2 aliphatic heterocycles. The van der Waals surface area contributed by atoms with E-state index in [0.29, 0.717) is 0 Å². The van der Waals surface area contributed by atoms with Crippen molar-refractivity contribution >= 4 is 27.2 Å². The summed E-state index contributed by atoms with van der Waals surface area (Å²) in [6.07, 6.45) is 1.26. The molecule has 1 aromatic heterocycles. The van der Waals surface area contributed by atoms with E-state index in [9.17, 15) is 4.79 Å². The zero-order chi connectivity index (χ0) is 18.4. The molecule has 3 heterocycles. The van der Waals surface area contributed by atoms with Gasteiger partial charge in [0.15, 0.2) is 0 Å². The summed E-state index contributed by atoms with van der Waals surface area (Å²) in [7, 11) is 1.66. The van der Waals surface area contributed by atoms with Crippen LogP contribution in [0.15, 0.2) is 48.5 Å². The van der Waals surface area contributed by atoms with Crippen LogP contribution in [0, 0.1) is 0 Å². The molecule has 4 nitrogen and oxygen atoms in total. The summed E-state index contributed by atoms with van der Waals surface area (Å²) < 4.78 is 13.0. The van der Waals surface area contributed by atoms with Gasteiger partial charge < -0.3 is 14.8 Å². The monoisotopic (exact) mass is 379 g/mol. The molecule has 2 aliphatic rings. The molecular weight excluding hydrogens is 358 g/mol. The molecule has 1 fully saturated rings. The molecular formula is C22H21NO3S. The van der Waals surface area contributed by atoms with Gasteiger partial charge in [0.05, 0.1) is 22.3 Å². The third-order valence-corrected chi connectivity index (χ3v) is 6.88. The fraction of sp³-hybridized carbons (Fsp3) is 0.318.